The minimum Gasteiger partial charge on any atom is -0.462 e. The molecule has 0 aromatic heterocycles. The highest BCUT2D eigenvalue weighted by molar-refractivity contribution is 8.76. The third kappa shape index (κ3) is 12.3. The molecule has 2 heterocycles. The molecule has 18 nitrogen and oxygen atoms in total. The number of carbonyl (C=O) groups is 8. The highest BCUT2D eigenvalue weighted by Crippen LogP contribution is 2.27. The molecule has 0 spiro atoms. The van der Waals surface area contributed by atoms with Crippen molar-refractivity contribution in [2.24, 2.45) is 0 Å². The standard InChI is InChI=1S/C30H50N8O10S4/c1-31-17-11-47-29(45)21(13-49-7)37(5)27(43)20-16-52-51-15-19(35(3)23(39)9-33-25(17)41)28(44)38(6)22(14-50-8)30(46)48-12-18(32-2)26(42)34-10-24(40)36(20)4/h17-22,31-32H,9-16H2,1-8H3,(H,33,41)(H,34,42)/t17-,18-,19+,20+,21+,22+/m1/s1. The van der Waals surface area contributed by atoms with Gasteiger partial charge in [0.1, 0.15) is 49.5 Å². The zero-order valence-corrected chi connectivity index (χ0v) is 33.9. The fourth-order valence-electron chi connectivity index (χ4n) is 4.96. The third-order valence-corrected chi connectivity index (χ3v) is 12.3. The predicted molar refractivity (Wildman–Crippen MR) is 202 cm³/mol. The molecule has 2 saturated heterocycles. The van der Waals surface area contributed by atoms with Gasteiger partial charge in [-0.05, 0) is 26.6 Å². The van der Waals surface area contributed by atoms with Gasteiger partial charge in [0.2, 0.25) is 35.4 Å². The number of fused-ring (bicyclic) bond motifs is 5. The Balaban J connectivity index is 2.68. The van der Waals surface area contributed by atoms with Crippen LogP contribution in [0.2, 0.25) is 0 Å². The molecule has 0 saturated carbocycles. The van der Waals surface area contributed by atoms with Crippen LogP contribution in [0.15, 0.2) is 0 Å². The van der Waals surface area contributed by atoms with Crippen LogP contribution < -0.4 is 21.3 Å². The zero-order valence-electron chi connectivity index (χ0n) is 30.6. The average Bonchev–Trinajstić information content (AvgIpc) is 3.13. The van der Waals surface area contributed by atoms with Crippen LogP contribution in [0.3, 0.4) is 0 Å². The number of esters is 2. The van der Waals surface area contributed by atoms with Crippen LogP contribution in [0.4, 0.5) is 0 Å². The summed E-state index contributed by atoms with van der Waals surface area (Å²) in [5.74, 6) is -4.98. The lowest BCUT2D eigenvalue weighted by atomic mass is 10.2. The molecule has 2 fully saturated rings. The average molecular weight is 811 g/mol. The highest BCUT2D eigenvalue weighted by Gasteiger charge is 2.39. The van der Waals surface area contributed by atoms with Gasteiger partial charge in [-0.3, -0.25) is 28.8 Å². The van der Waals surface area contributed by atoms with E-state index in [1.807, 2.05) is 0 Å². The summed E-state index contributed by atoms with van der Waals surface area (Å²) < 4.78 is 11.0. The van der Waals surface area contributed by atoms with Gasteiger partial charge in [-0.25, -0.2) is 9.59 Å². The second kappa shape index (κ2) is 22.3. The number of cyclic esters (lactones) is 2. The lowest BCUT2D eigenvalue weighted by Gasteiger charge is -2.35. The topological polar surface area (TPSA) is 216 Å². The van der Waals surface area contributed by atoms with Gasteiger partial charge in [-0.1, -0.05) is 21.6 Å². The Morgan fingerprint density at radius 2 is 0.981 bits per heavy atom. The van der Waals surface area contributed by atoms with Gasteiger partial charge in [-0.15, -0.1) is 0 Å². The lowest BCUT2D eigenvalue weighted by molar-refractivity contribution is -0.157. The van der Waals surface area contributed by atoms with E-state index < -0.39 is 110 Å². The van der Waals surface area contributed by atoms with Gasteiger partial charge < -0.3 is 50.3 Å². The maximum atomic E-state index is 14.1. The normalized spacial score (nSPS) is 27.8. The summed E-state index contributed by atoms with van der Waals surface area (Å²) in [7, 11) is 10.9. The SMILES string of the molecule is CN[C@@H]1COC(=O)[C@H](CSC)N(C)C(=O)[C@@H]2CSSC[C@@H](C(=O)N(C)[C@@H](CSC)C(=O)OC[C@@H](NC)C(=O)NCC(=O)N2C)N(C)C(=O)CNC1=O. The maximum Gasteiger partial charge on any atom is 0.329 e. The molecule has 4 N–H and O–H groups in total. The van der Waals surface area contributed by atoms with Crippen molar-refractivity contribution in [1.29, 1.82) is 0 Å². The number of ether oxygens (including phenoxy) is 2. The van der Waals surface area contributed by atoms with Crippen molar-refractivity contribution in [3.05, 3.63) is 0 Å². The smallest absolute Gasteiger partial charge is 0.329 e. The van der Waals surface area contributed by atoms with Crippen LogP contribution in [0.1, 0.15) is 0 Å². The van der Waals surface area contributed by atoms with Crippen molar-refractivity contribution >= 4 is 92.5 Å². The van der Waals surface area contributed by atoms with Gasteiger partial charge in [-0.2, -0.15) is 23.5 Å². The first kappa shape index (κ1) is 45.2. The van der Waals surface area contributed by atoms with Crippen molar-refractivity contribution in [2.75, 3.05) is 104 Å². The summed E-state index contributed by atoms with van der Waals surface area (Å²) in [5, 5.41) is 10.5. The van der Waals surface area contributed by atoms with Crippen LogP contribution in [0, 0.1) is 0 Å². The predicted octanol–water partition coefficient (Wildman–Crippen LogP) is -3.08. The largest absolute Gasteiger partial charge is 0.462 e. The molecule has 0 aromatic rings. The van der Waals surface area contributed by atoms with Crippen molar-refractivity contribution in [3.8, 4) is 0 Å². The summed E-state index contributed by atoms with van der Waals surface area (Å²) >= 11 is 2.57. The van der Waals surface area contributed by atoms with Crippen LogP contribution in [-0.4, -0.2) is 207 Å². The number of nitrogens with zero attached hydrogens (tertiary/aromatic N) is 4. The number of amides is 6. The minimum atomic E-state index is -1.14. The van der Waals surface area contributed by atoms with E-state index >= 15 is 0 Å². The molecule has 2 aliphatic rings. The number of thioether (sulfide) groups is 2. The monoisotopic (exact) mass is 810 g/mol. The van der Waals surface area contributed by atoms with Gasteiger partial charge in [0.25, 0.3) is 0 Å². The minimum absolute atomic E-state index is 0.00206. The van der Waals surface area contributed by atoms with Gasteiger partial charge in [0.05, 0.1) is 13.1 Å². The molecular weight excluding hydrogens is 761 g/mol. The van der Waals surface area contributed by atoms with E-state index in [1.165, 1.54) is 85.4 Å². The number of carbonyl (C=O) groups excluding carboxylic acids is 8. The second-order valence-electron chi connectivity index (χ2n) is 11.8. The molecule has 294 valence electrons. The van der Waals surface area contributed by atoms with Crippen molar-refractivity contribution < 1.29 is 47.8 Å². The Bertz CT molecular complexity index is 1220. The fraction of sp³-hybridized carbons (Fsp3) is 0.733. The highest BCUT2D eigenvalue weighted by atomic mass is 33.1. The Labute approximate surface area is 320 Å². The molecule has 22 heteroatoms. The van der Waals surface area contributed by atoms with E-state index in [2.05, 4.69) is 21.3 Å². The second-order valence-corrected chi connectivity index (χ2v) is 16.2. The van der Waals surface area contributed by atoms with Crippen LogP contribution in [0.5, 0.6) is 0 Å². The molecule has 0 unspecified atom stereocenters. The molecule has 0 aliphatic carbocycles. The lowest BCUT2D eigenvalue weighted by Crippen LogP contribution is -2.58. The molecule has 0 radical (unpaired) electrons. The van der Waals surface area contributed by atoms with Gasteiger partial charge in [0, 0.05) is 51.2 Å². The van der Waals surface area contributed by atoms with Crippen molar-refractivity contribution in [2.45, 2.75) is 36.3 Å². The molecule has 2 bridgehead atoms. The summed E-state index contributed by atoms with van der Waals surface area (Å²) in [4.78, 5) is 113. The van der Waals surface area contributed by atoms with E-state index in [0.717, 1.165) is 21.6 Å². The molecule has 52 heavy (non-hydrogen) atoms. The number of hydrogen-bond donors (Lipinski definition) is 4. The first-order chi connectivity index (χ1) is 24.6. The summed E-state index contributed by atoms with van der Waals surface area (Å²) in [5.41, 5.74) is 0. The third-order valence-electron chi connectivity index (χ3n) is 8.59. The number of likely N-dealkylation sites (N-methyl/N-ethyl adjacent to an activating group) is 6. The Morgan fingerprint density at radius 3 is 1.29 bits per heavy atom. The summed E-state index contributed by atoms with van der Waals surface area (Å²) in [6.45, 7) is -1.81. The van der Waals surface area contributed by atoms with Gasteiger partial charge >= 0.3 is 11.9 Å². The van der Waals surface area contributed by atoms with Crippen LogP contribution >= 0.6 is 45.1 Å². The number of hydrogen-bond acceptors (Lipinski definition) is 16. The van der Waals surface area contributed by atoms with E-state index in [9.17, 15) is 38.4 Å². The number of rotatable bonds is 6. The fourth-order valence-corrected chi connectivity index (χ4v) is 8.85. The number of nitrogens with one attached hydrogen (secondary N) is 4. The summed E-state index contributed by atoms with van der Waals surface area (Å²) in [6.07, 6.45) is 3.49. The molecule has 2 rings (SSSR count). The van der Waals surface area contributed by atoms with E-state index in [1.54, 1.807) is 12.5 Å². The first-order valence-electron chi connectivity index (χ1n) is 16.1. The van der Waals surface area contributed by atoms with Gasteiger partial charge in [0.15, 0.2) is 0 Å². The summed E-state index contributed by atoms with van der Waals surface area (Å²) in [6, 6.07) is -6.56. The van der Waals surface area contributed by atoms with Crippen LogP contribution in [0.25, 0.3) is 0 Å². The molecule has 6 atom stereocenters. The molecule has 2 aliphatic heterocycles. The first-order valence-corrected chi connectivity index (χ1v) is 21.4. The van der Waals surface area contributed by atoms with E-state index in [-0.39, 0.29) is 23.0 Å². The molecule has 6 amide bonds. The quantitative estimate of drug-likeness (QED) is 0.155. The van der Waals surface area contributed by atoms with Crippen molar-refractivity contribution in [1.82, 2.24) is 40.9 Å². The molecular formula is C30H50N8O10S4. The van der Waals surface area contributed by atoms with E-state index in [4.69, 9.17) is 9.47 Å². The Morgan fingerprint density at radius 1 is 0.635 bits per heavy atom. The Kier molecular flexibility index (Phi) is 19.4. The van der Waals surface area contributed by atoms with Crippen LogP contribution in [-0.2, 0) is 47.8 Å². The maximum absolute atomic E-state index is 14.1. The van der Waals surface area contributed by atoms with E-state index in [0.29, 0.717) is 0 Å². The van der Waals surface area contributed by atoms with Crippen molar-refractivity contribution in [3.63, 3.8) is 0 Å². The molecule has 0 aromatic carbocycles. The zero-order chi connectivity index (χ0) is 39.1. The Hall–Kier alpha value is -2.92.